The Balaban J connectivity index is 2.97. The van der Waals surface area contributed by atoms with Crippen molar-refractivity contribution in [2.24, 2.45) is 34.0 Å². The summed E-state index contributed by atoms with van der Waals surface area (Å²) in [6.45, 7) is 8.47. The number of nitrogens with two attached hydrogens (primary N) is 3. The maximum atomic E-state index is 13.5. The highest BCUT2D eigenvalue weighted by Crippen LogP contribution is 2.19. The number of hydrogen-bond acceptors (Lipinski definition) is 14. The second-order valence-electron chi connectivity index (χ2n) is 16.2. The van der Waals surface area contributed by atoms with E-state index in [1.54, 1.807) is 27.7 Å². The summed E-state index contributed by atoms with van der Waals surface area (Å²) in [7, 11) is 0. The number of rotatable bonds is 27. The van der Waals surface area contributed by atoms with Crippen LogP contribution in [0.5, 0.6) is 0 Å². The number of aliphatic carboxylic acids is 1. The fourth-order valence-corrected chi connectivity index (χ4v) is 6.34. The molecule has 0 unspecified atom stereocenters. The zero-order chi connectivity index (χ0) is 49.7. The van der Waals surface area contributed by atoms with E-state index in [-0.39, 0.29) is 25.3 Å². The molecule has 1 aliphatic rings. The average molecular weight is 928 g/mol. The van der Waals surface area contributed by atoms with Crippen LogP contribution in [0, 0.1) is 11.8 Å². The third-order valence-electron chi connectivity index (χ3n) is 10.3. The second kappa shape index (κ2) is 27.9. The molecular formula is C39H69N13O13. The lowest BCUT2D eigenvalue weighted by atomic mass is 9.96. The smallest absolute Gasteiger partial charge is 0.325 e. The van der Waals surface area contributed by atoms with Crippen molar-refractivity contribution in [2.45, 2.75) is 135 Å². The molecule has 0 bridgehead atoms. The van der Waals surface area contributed by atoms with Crippen molar-refractivity contribution in [3.05, 3.63) is 0 Å². The number of guanidine groups is 1. The number of amides is 9. The Bertz CT molecular complexity index is 1720. The van der Waals surface area contributed by atoms with Gasteiger partial charge in [-0.15, -0.1) is 0 Å². The first kappa shape index (κ1) is 56.9. The molecule has 0 saturated carbocycles. The standard InChI is InChI=1S/C39H69N13O13/c1-8-19(4)29(36(62)51-28(18(2)3)35(61)48-24(17-53)32(58)46-21(6)38(64)65)49-26(55)16-45-34(60)30(22(7)54)50-27(56)15-44-31(57)23(11-9-13-43-39(41)42)47-33(59)25-12-10-14-52(25)37(63)20(5)40/h18-25,28-30,53-54H,8-17,40H2,1-7H3,(H,44,57)(H,45,60)(H,46,58)(H,47,59)(H,48,61)(H,49,55)(H,50,56)(H,51,62)(H,64,65)(H4,41,42,43)/t19-,20-,21-,22+,23-,24-,25-,28-,29-,30-/m0/s1. The molecule has 0 radical (unpaired) electrons. The first-order valence-corrected chi connectivity index (χ1v) is 21.3. The van der Waals surface area contributed by atoms with E-state index in [4.69, 9.17) is 22.3 Å². The van der Waals surface area contributed by atoms with E-state index in [2.05, 4.69) is 47.5 Å². The minimum Gasteiger partial charge on any atom is -0.480 e. The van der Waals surface area contributed by atoms with Crippen molar-refractivity contribution < 1.29 is 63.3 Å². The number of nitrogens with one attached hydrogen (secondary N) is 8. The molecule has 1 fully saturated rings. The topological polar surface area (TPSA) is 421 Å². The molecule has 1 rings (SSSR count). The van der Waals surface area contributed by atoms with Crippen molar-refractivity contribution in [2.75, 3.05) is 32.8 Å². The van der Waals surface area contributed by atoms with Gasteiger partial charge in [0.05, 0.1) is 31.8 Å². The van der Waals surface area contributed by atoms with Gasteiger partial charge in [-0.05, 0) is 58.3 Å². The minimum absolute atomic E-state index is 0.0278. The van der Waals surface area contributed by atoms with Crippen molar-refractivity contribution >= 4 is 65.1 Å². The number of nitrogens with zero attached hydrogens (tertiary/aromatic N) is 2. The summed E-state index contributed by atoms with van der Waals surface area (Å²) in [5.74, 6) is -9.95. The first-order valence-electron chi connectivity index (χ1n) is 21.3. The first-order chi connectivity index (χ1) is 30.4. The summed E-state index contributed by atoms with van der Waals surface area (Å²) in [5, 5.41) is 48.1. The Kier molecular flexibility index (Phi) is 24.4. The summed E-state index contributed by atoms with van der Waals surface area (Å²) in [6, 6.07) is -9.97. The van der Waals surface area contributed by atoms with Crippen LogP contribution < -0.4 is 59.7 Å². The van der Waals surface area contributed by atoms with Crippen LogP contribution in [0.15, 0.2) is 4.99 Å². The number of aliphatic imine (C=N–C) groups is 1. The normalized spacial score (nSPS) is 17.5. The molecule has 0 aromatic rings. The van der Waals surface area contributed by atoms with Gasteiger partial charge in [0.15, 0.2) is 5.96 Å². The van der Waals surface area contributed by atoms with Gasteiger partial charge in [0.25, 0.3) is 0 Å². The van der Waals surface area contributed by atoms with Gasteiger partial charge in [0.2, 0.25) is 53.2 Å². The Morgan fingerprint density at radius 1 is 0.723 bits per heavy atom. The highest BCUT2D eigenvalue weighted by Gasteiger charge is 2.38. The molecule has 0 aromatic carbocycles. The van der Waals surface area contributed by atoms with E-state index in [0.717, 1.165) is 0 Å². The van der Waals surface area contributed by atoms with Gasteiger partial charge < -0.3 is 80.0 Å². The average Bonchev–Trinajstić information content (AvgIpc) is 3.74. The molecule has 1 saturated heterocycles. The Morgan fingerprint density at radius 2 is 1.29 bits per heavy atom. The quantitative estimate of drug-likeness (QED) is 0.0207. The number of aliphatic hydroxyl groups is 2. The molecule has 0 aromatic heterocycles. The van der Waals surface area contributed by atoms with E-state index in [9.17, 15) is 58.2 Å². The monoisotopic (exact) mass is 928 g/mol. The van der Waals surface area contributed by atoms with E-state index in [1.165, 1.54) is 25.7 Å². The van der Waals surface area contributed by atoms with Crippen LogP contribution in [0.4, 0.5) is 0 Å². The Labute approximate surface area is 377 Å². The van der Waals surface area contributed by atoms with Gasteiger partial charge in [-0.2, -0.15) is 0 Å². The van der Waals surface area contributed by atoms with Crippen molar-refractivity contribution in [1.82, 2.24) is 47.4 Å². The summed E-state index contributed by atoms with van der Waals surface area (Å²) < 4.78 is 0. The summed E-state index contributed by atoms with van der Waals surface area (Å²) in [5.41, 5.74) is 16.5. The SMILES string of the molecule is CC[C@H](C)[C@H](NC(=O)CNC(=O)[C@@H](NC(=O)CNC(=O)[C@H](CCCN=C(N)N)NC(=O)[C@@H]1CCCN1C(=O)[C@H](C)N)[C@@H](C)O)C(=O)N[C@H](C(=O)N[C@@H](CO)C(=O)N[C@@H](C)C(=O)O)C(C)C. The number of carbonyl (C=O) groups is 10. The van der Waals surface area contributed by atoms with E-state index in [1.807, 2.05) is 0 Å². The van der Waals surface area contributed by atoms with Crippen LogP contribution in [-0.2, 0) is 47.9 Å². The van der Waals surface area contributed by atoms with Crippen molar-refractivity contribution in [3.8, 4) is 0 Å². The predicted octanol–water partition coefficient (Wildman–Crippen LogP) is -6.30. The van der Waals surface area contributed by atoms with Crippen LogP contribution in [0.25, 0.3) is 0 Å². The third-order valence-corrected chi connectivity index (χ3v) is 10.3. The zero-order valence-corrected chi connectivity index (χ0v) is 38.0. The fraction of sp³-hybridized carbons (Fsp3) is 0.718. The van der Waals surface area contributed by atoms with Crippen molar-refractivity contribution in [1.29, 1.82) is 0 Å². The lowest BCUT2D eigenvalue weighted by Gasteiger charge is -2.29. The molecule has 0 spiro atoms. The number of carboxylic acids is 1. The fourth-order valence-electron chi connectivity index (χ4n) is 6.34. The number of carboxylic acid groups (broad SMARTS) is 1. The molecule has 10 atom stereocenters. The molecule has 1 heterocycles. The molecule has 26 nitrogen and oxygen atoms in total. The van der Waals surface area contributed by atoms with Crippen LogP contribution in [0.3, 0.4) is 0 Å². The zero-order valence-electron chi connectivity index (χ0n) is 38.0. The van der Waals surface area contributed by atoms with E-state index >= 15 is 0 Å². The minimum atomic E-state index is -1.63. The van der Waals surface area contributed by atoms with Gasteiger partial charge in [-0.1, -0.05) is 34.1 Å². The van der Waals surface area contributed by atoms with Crippen molar-refractivity contribution in [3.63, 3.8) is 0 Å². The molecule has 65 heavy (non-hydrogen) atoms. The van der Waals surface area contributed by atoms with Gasteiger partial charge >= 0.3 is 5.97 Å². The highest BCUT2D eigenvalue weighted by atomic mass is 16.4. The van der Waals surface area contributed by atoms with Crippen LogP contribution in [0.1, 0.15) is 80.6 Å². The molecule has 1 aliphatic heterocycles. The number of carbonyl (C=O) groups excluding carboxylic acids is 9. The number of hydrogen-bond donors (Lipinski definition) is 14. The molecular weight excluding hydrogens is 859 g/mol. The number of likely N-dealkylation sites (tertiary alicyclic amines) is 1. The highest BCUT2D eigenvalue weighted by molar-refractivity contribution is 5.97. The molecule has 9 amide bonds. The van der Waals surface area contributed by atoms with Crippen LogP contribution in [0.2, 0.25) is 0 Å². The van der Waals surface area contributed by atoms with Gasteiger partial charge in [0.1, 0.15) is 42.3 Å². The summed E-state index contributed by atoms with van der Waals surface area (Å²) in [6.07, 6.45) is -0.0112. The lowest BCUT2D eigenvalue weighted by Crippen LogP contribution is -2.61. The molecule has 26 heteroatoms. The van der Waals surface area contributed by atoms with Gasteiger partial charge in [0, 0.05) is 13.1 Å². The molecule has 368 valence electrons. The predicted molar refractivity (Wildman–Crippen MR) is 232 cm³/mol. The molecule has 17 N–H and O–H groups in total. The Hall–Kier alpha value is -6.15. The van der Waals surface area contributed by atoms with Gasteiger partial charge in [-0.3, -0.25) is 52.9 Å². The lowest BCUT2D eigenvalue weighted by molar-refractivity contribution is -0.142. The van der Waals surface area contributed by atoms with Crippen LogP contribution in [-0.4, -0.2) is 173 Å². The summed E-state index contributed by atoms with van der Waals surface area (Å²) in [4.78, 5) is 134. The maximum Gasteiger partial charge on any atom is 0.325 e. The summed E-state index contributed by atoms with van der Waals surface area (Å²) >= 11 is 0. The number of aliphatic hydroxyl groups excluding tert-OH is 2. The van der Waals surface area contributed by atoms with Gasteiger partial charge in [-0.25, -0.2) is 0 Å². The van der Waals surface area contributed by atoms with E-state index < -0.39 is 145 Å². The van der Waals surface area contributed by atoms with E-state index in [0.29, 0.717) is 25.8 Å². The molecule has 0 aliphatic carbocycles. The largest absolute Gasteiger partial charge is 0.480 e. The third kappa shape index (κ3) is 19.2. The Morgan fingerprint density at radius 3 is 1.80 bits per heavy atom. The van der Waals surface area contributed by atoms with Crippen LogP contribution >= 0.6 is 0 Å². The second-order valence-corrected chi connectivity index (χ2v) is 16.2. The maximum absolute atomic E-state index is 13.5.